The molecule has 15 nitrogen and oxygen atoms in total. The summed E-state index contributed by atoms with van der Waals surface area (Å²) >= 11 is 0. The summed E-state index contributed by atoms with van der Waals surface area (Å²) in [6.07, 6.45) is 0.394. The van der Waals surface area contributed by atoms with Crippen LogP contribution in [-0.4, -0.2) is 92.3 Å². The summed E-state index contributed by atoms with van der Waals surface area (Å²) in [4.78, 5) is 85.7. The standard InChI is InChI=1S/C38H54O15/c1-21-13-16-38(9)29(11-10-12-31(38)37(21,8)17-14-28(19-47-23(3)40)15-18-46-22(2)39)35(45)53-36-34(51-27(7)44)33(50-26(6)43)32(49-25(5)42)30(52-36)20-48-24(4)41/h11,15,21,30-34,36H,10,12-14,16-20H2,1-9H3/b28-15-/t21-,30-,31-,32+,33+,34-,36+,37+,38-/m1/s1. The Balaban J connectivity index is 1.94. The minimum atomic E-state index is -1.65. The van der Waals surface area contributed by atoms with E-state index >= 15 is 0 Å². The van der Waals surface area contributed by atoms with Gasteiger partial charge in [0.25, 0.3) is 0 Å². The zero-order valence-corrected chi connectivity index (χ0v) is 32.2. The van der Waals surface area contributed by atoms with E-state index in [9.17, 15) is 33.6 Å². The van der Waals surface area contributed by atoms with E-state index in [0.29, 0.717) is 31.3 Å². The molecule has 0 spiro atoms. The van der Waals surface area contributed by atoms with Crippen molar-refractivity contribution in [2.75, 3.05) is 19.8 Å². The van der Waals surface area contributed by atoms with Gasteiger partial charge in [-0.05, 0) is 67.4 Å². The van der Waals surface area contributed by atoms with Gasteiger partial charge in [0.2, 0.25) is 12.4 Å². The molecule has 0 N–H and O–H groups in total. The van der Waals surface area contributed by atoms with Gasteiger partial charge in [-0.1, -0.05) is 26.8 Å². The fraction of sp³-hybridized carbons (Fsp3) is 0.711. The fourth-order valence-corrected chi connectivity index (χ4v) is 8.01. The molecular weight excluding hydrogens is 696 g/mol. The van der Waals surface area contributed by atoms with Gasteiger partial charge in [0.1, 0.15) is 25.9 Å². The number of ether oxygens (including phenoxy) is 8. The predicted octanol–water partition coefficient (Wildman–Crippen LogP) is 4.22. The number of esters is 7. The first-order chi connectivity index (χ1) is 24.8. The summed E-state index contributed by atoms with van der Waals surface area (Å²) in [5.41, 5.74) is 0.312. The molecule has 1 aliphatic heterocycles. The molecule has 0 radical (unpaired) electrons. The molecule has 3 aliphatic rings. The van der Waals surface area contributed by atoms with Crippen LogP contribution in [0.1, 0.15) is 101 Å². The van der Waals surface area contributed by atoms with Gasteiger partial charge in [-0.15, -0.1) is 0 Å². The third kappa shape index (κ3) is 11.4. The van der Waals surface area contributed by atoms with Gasteiger partial charge in [0, 0.05) is 52.5 Å². The quantitative estimate of drug-likeness (QED) is 0.139. The first kappa shape index (κ1) is 43.1. The van der Waals surface area contributed by atoms with E-state index in [4.69, 9.17) is 37.9 Å². The van der Waals surface area contributed by atoms with Crippen LogP contribution in [0.2, 0.25) is 0 Å². The summed E-state index contributed by atoms with van der Waals surface area (Å²) in [5, 5.41) is 0. The normalized spacial score (nSPS) is 31.1. The van der Waals surface area contributed by atoms with Gasteiger partial charge in [-0.2, -0.15) is 0 Å². The Labute approximate surface area is 310 Å². The fourth-order valence-electron chi connectivity index (χ4n) is 8.01. The Morgan fingerprint density at radius 1 is 0.755 bits per heavy atom. The van der Waals surface area contributed by atoms with Crippen molar-refractivity contribution in [3.8, 4) is 0 Å². The average Bonchev–Trinajstić information content (AvgIpc) is 3.04. The van der Waals surface area contributed by atoms with Crippen LogP contribution in [0.3, 0.4) is 0 Å². The average molecular weight is 751 g/mol. The summed E-state index contributed by atoms with van der Waals surface area (Å²) in [6.45, 7) is 13.3. The summed E-state index contributed by atoms with van der Waals surface area (Å²) in [7, 11) is 0. The van der Waals surface area contributed by atoms with Gasteiger partial charge < -0.3 is 37.9 Å². The van der Waals surface area contributed by atoms with E-state index in [1.165, 1.54) is 13.8 Å². The van der Waals surface area contributed by atoms with Crippen LogP contribution in [0.15, 0.2) is 23.3 Å². The maximum Gasteiger partial charge on any atom is 0.336 e. The molecule has 15 heteroatoms. The van der Waals surface area contributed by atoms with E-state index in [2.05, 4.69) is 13.8 Å². The highest BCUT2D eigenvalue weighted by Gasteiger charge is 2.57. The van der Waals surface area contributed by atoms with E-state index in [1.54, 1.807) is 6.08 Å². The van der Waals surface area contributed by atoms with Gasteiger partial charge in [-0.3, -0.25) is 28.8 Å². The van der Waals surface area contributed by atoms with E-state index < -0.39 is 84.5 Å². The second-order valence-corrected chi connectivity index (χ2v) is 14.5. The molecule has 0 bridgehead atoms. The van der Waals surface area contributed by atoms with Crippen molar-refractivity contribution in [2.24, 2.45) is 22.7 Å². The molecule has 3 rings (SSSR count). The third-order valence-electron chi connectivity index (χ3n) is 10.7. The zero-order chi connectivity index (χ0) is 39.7. The lowest BCUT2D eigenvalue weighted by atomic mass is 9.46. The molecule has 53 heavy (non-hydrogen) atoms. The largest absolute Gasteiger partial charge is 0.463 e. The Hall–Kier alpha value is -4.27. The van der Waals surface area contributed by atoms with Crippen LogP contribution in [0.5, 0.6) is 0 Å². The lowest BCUT2D eigenvalue weighted by Crippen LogP contribution is -2.63. The molecule has 2 fully saturated rings. The summed E-state index contributed by atoms with van der Waals surface area (Å²) in [5.74, 6) is -4.36. The first-order valence-electron chi connectivity index (χ1n) is 17.9. The monoisotopic (exact) mass is 750 g/mol. The Bertz CT molecular complexity index is 1460. The molecule has 1 heterocycles. The van der Waals surface area contributed by atoms with Crippen molar-refractivity contribution in [3.63, 3.8) is 0 Å². The Kier molecular flexibility index (Phi) is 15.2. The SMILES string of the molecule is CC(=O)OC/C=C(/CC[C@@]1(C)[C@H](C)CC[C@]2(C)C(C(=O)O[C@@H]3O[C@H](COC(C)=O)[C@H](OC(C)=O)[C@H](OC(C)=O)[C@H]3OC(C)=O)=CCC[C@H]12)COC(C)=O. The van der Waals surface area contributed by atoms with Crippen LogP contribution < -0.4 is 0 Å². The van der Waals surface area contributed by atoms with Gasteiger partial charge in [-0.25, -0.2) is 4.79 Å². The molecule has 0 aromatic rings. The van der Waals surface area contributed by atoms with Gasteiger partial charge >= 0.3 is 41.8 Å². The number of carbonyl (C=O) groups excluding carboxylic acids is 7. The molecular formula is C38H54O15. The van der Waals surface area contributed by atoms with E-state index in [0.717, 1.165) is 46.1 Å². The number of rotatable bonds is 14. The number of carbonyl (C=O) groups is 7. The minimum absolute atomic E-state index is 0.0187. The molecule has 9 atom stereocenters. The molecule has 0 amide bonds. The number of hydrogen-bond acceptors (Lipinski definition) is 15. The Morgan fingerprint density at radius 3 is 1.92 bits per heavy atom. The van der Waals surface area contributed by atoms with Crippen molar-refractivity contribution in [3.05, 3.63) is 23.3 Å². The topological polar surface area (TPSA) is 193 Å². The Morgan fingerprint density at radius 2 is 1.34 bits per heavy atom. The number of hydrogen-bond donors (Lipinski definition) is 0. The molecule has 296 valence electrons. The van der Waals surface area contributed by atoms with Crippen molar-refractivity contribution in [2.45, 2.75) is 132 Å². The van der Waals surface area contributed by atoms with Crippen LogP contribution in [0.4, 0.5) is 0 Å². The highest BCUT2D eigenvalue weighted by atomic mass is 16.7. The van der Waals surface area contributed by atoms with Crippen LogP contribution in [-0.2, 0) is 71.5 Å². The van der Waals surface area contributed by atoms with Crippen molar-refractivity contribution in [1.82, 2.24) is 0 Å². The third-order valence-corrected chi connectivity index (χ3v) is 10.7. The maximum absolute atomic E-state index is 14.3. The number of fused-ring (bicyclic) bond motifs is 1. The molecule has 0 aromatic carbocycles. The van der Waals surface area contributed by atoms with Crippen LogP contribution in [0.25, 0.3) is 0 Å². The van der Waals surface area contributed by atoms with Crippen molar-refractivity contribution in [1.29, 1.82) is 0 Å². The number of allylic oxidation sites excluding steroid dienone is 1. The van der Waals surface area contributed by atoms with Gasteiger partial charge in [0.15, 0.2) is 12.2 Å². The van der Waals surface area contributed by atoms with Crippen LogP contribution >= 0.6 is 0 Å². The predicted molar refractivity (Wildman–Crippen MR) is 184 cm³/mol. The summed E-state index contributed by atoms with van der Waals surface area (Å²) in [6, 6.07) is 0. The molecule has 2 aliphatic carbocycles. The highest BCUT2D eigenvalue weighted by Crippen LogP contribution is 2.62. The van der Waals surface area contributed by atoms with Gasteiger partial charge in [0.05, 0.1) is 0 Å². The maximum atomic E-state index is 14.3. The molecule has 0 unspecified atom stereocenters. The molecule has 1 saturated heterocycles. The summed E-state index contributed by atoms with van der Waals surface area (Å²) < 4.78 is 44.0. The van der Waals surface area contributed by atoms with Crippen LogP contribution in [0, 0.1) is 22.7 Å². The zero-order valence-electron chi connectivity index (χ0n) is 32.2. The lowest BCUT2D eigenvalue weighted by Gasteiger charge is -2.58. The first-order valence-corrected chi connectivity index (χ1v) is 17.9. The van der Waals surface area contributed by atoms with E-state index in [1.807, 2.05) is 13.0 Å². The smallest absolute Gasteiger partial charge is 0.336 e. The van der Waals surface area contributed by atoms with E-state index in [-0.39, 0.29) is 30.5 Å². The second-order valence-electron chi connectivity index (χ2n) is 14.5. The van der Waals surface area contributed by atoms with Crippen molar-refractivity contribution < 1.29 is 71.5 Å². The minimum Gasteiger partial charge on any atom is -0.463 e. The molecule has 1 saturated carbocycles. The second kappa shape index (κ2) is 18.7. The lowest BCUT2D eigenvalue weighted by molar-refractivity contribution is -0.300. The van der Waals surface area contributed by atoms with Crippen molar-refractivity contribution >= 4 is 41.8 Å². The molecule has 0 aromatic heterocycles. The highest BCUT2D eigenvalue weighted by molar-refractivity contribution is 5.90.